The van der Waals surface area contributed by atoms with Crippen molar-refractivity contribution in [1.82, 2.24) is 0 Å². The normalized spacial score (nSPS) is 10.9. The minimum Gasteiger partial charge on any atom is -0.377 e. The van der Waals surface area contributed by atoms with Gasteiger partial charge in [0.15, 0.2) is 0 Å². The molecule has 0 unspecified atom stereocenters. The summed E-state index contributed by atoms with van der Waals surface area (Å²) in [5, 5.41) is 8.61. The molecule has 3 heteroatoms. The van der Waals surface area contributed by atoms with E-state index in [-0.39, 0.29) is 0 Å². The largest absolute Gasteiger partial charge is 0.377 e. The number of azo groups is 1. The van der Waals surface area contributed by atoms with Gasteiger partial charge in [0.2, 0.25) is 0 Å². The van der Waals surface area contributed by atoms with Gasteiger partial charge in [-0.2, -0.15) is 10.2 Å². The maximum atomic E-state index is 4.34. The zero-order valence-electron chi connectivity index (χ0n) is 11.9. The highest BCUT2D eigenvalue weighted by molar-refractivity contribution is 5.62. The van der Waals surface area contributed by atoms with Crippen LogP contribution in [0.25, 0.3) is 0 Å². The van der Waals surface area contributed by atoms with Gasteiger partial charge in [0.1, 0.15) is 0 Å². The molecule has 0 saturated carbocycles. The second kappa shape index (κ2) is 5.65. The molecule has 2 aromatic carbocycles. The van der Waals surface area contributed by atoms with Crippen LogP contribution in [0.1, 0.15) is 11.1 Å². The third kappa shape index (κ3) is 3.19. The zero-order valence-corrected chi connectivity index (χ0v) is 11.9. The van der Waals surface area contributed by atoms with E-state index in [0.717, 1.165) is 16.9 Å². The number of anilines is 1. The van der Waals surface area contributed by atoms with Crippen molar-refractivity contribution in [3.05, 3.63) is 53.6 Å². The molecule has 0 aliphatic rings. The summed E-state index contributed by atoms with van der Waals surface area (Å²) in [5.41, 5.74) is 5.35. The Balaban J connectivity index is 2.32. The molecule has 3 nitrogen and oxygen atoms in total. The van der Waals surface area contributed by atoms with Gasteiger partial charge in [-0.1, -0.05) is 18.2 Å². The molecular formula is C16H19N3. The Morgan fingerprint density at radius 2 is 1.53 bits per heavy atom. The summed E-state index contributed by atoms with van der Waals surface area (Å²) in [6.45, 7) is 4.15. The van der Waals surface area contributed by atoms with Crippen molar-refractivity contribution in [3.8, 4) is 0 Å². The van der Waals surface area contributed by atoms with E-state index < -0.39 is 0 Å². The highest BCUT2D eigenvalue weighted by Crippen LogP contribution is 2.29. The molecule has 0 N–H and O–H groups in total. The first kappa shape index (κ1) is 13.3. The number of hydrogen-bond donors (Lipinski definition) is 0. The van der Waals surface area contributed by atoms with Crippen molar-refractivity contribution < 1.29 is 0 Å². The SMILES string of the molecule is Cc1cc(N(C)C)c(C)cc1N=Nc1ccccc1. The predicted molar refractivity (Wildman–Crippen MR) is 80.9 cm³/mol. The van der Waals surface area contributed by atoms with E-state index in [9.17, 15) is 0 Å². The molecule has 0 heterocycles. The minimum absolute atomic E-state index is 0.872. The van der Waals surface area contributed by atoms with Crippen LogP contribution in [-0.2, 0) is 0 Å². The van der Waals surface area contributed by atoms with E-state index >= 15 is 0 Å². The van der Waals surface area contributed by atoms with Crippen molar-refractivity contribution in [3.63, 3.8) is 0 Å². The van der Waals surface area contributed by atoms with E-state index in [0.29, 0.717) is 0 Å². The van der Waals surface area contributed by atoms with Gasteiger partial charge in [-0.05, 0) is 49.2 Å². The number of hydrogen-bond acceptors (Lipinski definition) is 3. The Bertz CT molecular complexity index is 586. The van der Waals surface area contributed by atoms with Gasteiger partial charge in [-0.15, -0.1) is 0 Å². The lowest BCUT2D eigenvalue weighted by Gasteiger charge is -2.17. The van der Waals surface area contributed by atoms with Crippen LogP contribution in [0.4, 0.5) is 17.1 Å². The highest BCUT2D eigenvalue weighted by atomic mass is 15.1. The summed E-state index contributed by atoms with van der Waals surface area (Å²) in [7, 11) is 4.10. The highest BCUT2D eigenvalue weighted by Gasteiger charge is 2.05. The van der Waals surface area contributed by atoms with Gasteiger partial charge in [0.05, 0.1) is 11.4 Å². The smallest absolute Gasteiger partial charge is 0.0890 e. The molecule has 0 saturated heterocycles. The Hall–Kier alpha value is -2.16. The van der Waals surface area contributed by atoms with E-state index in [2.05, 4.69) is 41.1 Å². The Morgan fingerprint density at radius 3 is 2.16 bits per heavy atom. The van der Waals surface area contributed by atoms with Crippen LogP contribution in [0.5, 0.6) is 0 Å². The fourth-order valence-electron chi connectivity index (χ4n) is 1.98. The lowest BCUT2D eigenvalue weighted by Crippen LogP contribution is -2.10. The third-order valence-corrected chi connectivity index (χ3v) is 3.03. The standard InChI is InChI=1S/C16H19N3/c1-12-11-16(19(3)4)13(2)10-15(12)18-17-14-8-6-5-7-9-14/h5-11H,1-4H3. The molecule has 0 aliphatic carbocycles. The van der Waals surface area contributed by atoms with Crippen molar-refractivity contribution in [2.75, 3.05) is 19.0 Å². The van der Waals surface area contributed by atoms with Gasteiger partial charge in [0, 0.05) is 19.8 Å². The van der Waals surface area contributed by atoms with Gasteiger partial charge in [-0.3, -0.25) is 0 Å². The molecule has 0 aliphatic heterocycles. The quantitative estimate of drug-likeness (QED) is 0.723. The maximum Gasteiger partial charge on any atom is 0.0890 e. The Morgan fingerprint density at radius 1 is 0.842 bits per heavy atom. The molecule has 19 heavy (non-hydrogen) atoms. The van der Waals surface area contributed by atoms with E-state index in [4.69, 9.17) is 0 Å². The van der Waals surface area contributed by atoms with Gasteiger partial charge in [-0.25, -0.2) is 0 Å². The molecule has 0 aromatic heterocycles. The molecule has 2 aromatic rings. The van der Waals surface area contributed by atoms with Crippen LogP contribution in [0.3, 0.4) is 0 Å². The summed E-state index contributed by atoms with van der Waals surface area (Å²) in [5.74, 6) is 0. The zero-order chi connectivity index (χ0) is 13.8. The van der Waals surface area contributed by atoms with Crippen LogP contribution in [0.15, 0.2) is 52.7 Å². The van der Waals surface area contributed by atoms with Crippen molar-refractivity contribution in [2.24, 2.45) is 10.2 Å². The average molecular weight is 253 g/mol. The van der Waals surface area contributed by atoms with Gasteiger partial charge < -0.3 is 4.90 Å². The van der Waals surface area contributed by atoms with Crippen molar-refractivity contribution in [2.45, 2.75) is 13.8 Å². The predicted octanol–water partition coefficient (Wildman–Crippen LogP) is 4.78. The molecule has 0 spiro atoms. The van der Waals surface area contributed by atoms with E-state index in [1.54, 1.807) is 0 Å². The molecule has 0 atom stereocenters. The third-order valence-electron chi connectivity index (χ3n) is 3.03. The van der Waals surface area contributed by atoms with E-state index in [1.807, 2.05) is 44.4 Å². The van der Waals surface area contributed by atoms with Crippen LogP contribution < -0.4 is 4.90 Å². The molecule has 2 rings (SSSR count). The lowest BCUT2D eigenvalue weighted by molar-refractivity contribution is 1.10. The minimum atomic E-state index is 0.872. The molecule has 0 amide bonds. The van der Waals surface area contributed by atoms with Crippen LogP contribution >= 0.6 is 0 Å². The number of aryl methyl sites for hydroxylation is 2. The van der Waals surface area contributed by atoms with Gasteiger partial charge in [0.25, 0.3) is 0 Å². The monoisotopic (exact) mass is 253 g/mol. The first-order valence-corrected chi connectivity index (χ1v) is 6.33. The van der Waals surface area contributed by atoms with Crippen LogP contribution in [-0.4, -0.2) is 14.1 Å². The number of benzene rings is 2. The van der Waals surface area contributed by atoms with Crippen LogP contribution in [0.2, 0.25) is 0 Å². The van der Waals surface area contributed by atoms with E-state index in [1.165, 1.54) is 11.3 Å². The fourth-order valence-corrected chi connectivity index (χ4v) is 1.98. The average Bonchev–Trinajstić information content (AvgIpc) is 2.40. The molecule has 0 fully saturated rings. The molecular weight excluding hydrogens is 234 g/mol. The lowest BCUT2D eigenvalue weighted by atomic mass is 10.1. The topological polar surface area (TPSA) is 28.0 Å². The Kier molecular flexibility index (Phi) is 3.95. The molecule has 98 valence electrons. The number of rotatable bonds is 3. The summed E-state index contributed by atoms with van der Waals surface area (Å²) in [4.78, 5) is 2.11. The molecule has 0 radical (unpaired) electrons. The second-order valence-corrected chi connectivity index (χ2v) is 4.86. The molecule has 0 bridgehead atoms. The summed E-state index contributed by atoms with van der Waals surface area (Å²) < 4.78 is 0. The first-order chi connectivity index (χ1) is 9.08. The van der Waals surface area contributed by atoms with Crippen molar-refractivity contribution >= 4 is 17.1 Å². The summed E-state index contributed by atoms with van der Waals surface area (Å²) in [6.07, 6.45) is 0. The maximum absolute atomic E-state index is 4.34. The first-order valence-electron chi connectivity index (χ1n) is 6.33. The Labute approximate surface area is 114 Å². The van der Waals surface area contributed by atoms with Gasteiger partial charge >= 0.3 is 0 Å². The summed E-state index contributed by atoms with van der Waals surface area (Å²) >= 11 is 0. The summed E-state index contributed by atoms with van der Waals surface area (Å²) in [6, 6.07) is 14.0. The van der Waals surface area contributed by atoms with Crippen LogP contribution in [0, 0.1) is 13.8 Å². The van der Waals surface area contributed by atoms with Crippen molar-refractivity contribution in [1.29, 1.82) is 0 Å². The second-order valence-electron chi connectivity index (χ2n) is 4.86. The number of nitrogens with zero attached hydrogens (tertiary/aromatic N) is 3. The fraction of sp³-hybridized carbons (Fsp3) is 0.250.